The van der Waals surface area contributed by atoms with Crippen molar-refractivity contribution in [3.8, 4) is 0 Å². The average Bonchev–Trinajstić information content (AvgIpc) is 3.23. The van der Waals surface area contributed by atoms with E-state index in [9.17, 15) is 14.0 Å². The Labute approximate surface area is 168 Å². The second kappa shape index (κ2) is 8.64. The van der Waals surface area contributed by atoms with E-state index in [0.29, 0.717) is 31.0 Å². The molecule has 5 N–H and O–H groups in total. The fourth-order valence-electron chi connectivity index (χ4n) is 3.33. The minimum absolute atomic E-state index is 0.0167. The van der Waals surface area contributed by atoms with Gasteiger partial charge in [0, 0.05) is 36.6 Å². The van der Waals surface area contributed by atoms with Gasteiger partial charge in [0.1, 0.15) is 11.5 Å². The fraction of sp³-hybridized carbons (Fsp3) is 0.238. The number of hydrogen-bond acceptors (Lipinski definition) is 4. The maximum atomic E-state index is 13.9. The summed E-state index contributed by atoms with van der Waals surface area (Å²) in [6.45, 7) is 6.62. The maximum absolute atomic E-state index is 13.9. The molecule has 29 heavy (non-hydrogen) atoms. The number of aromatic nitrogens is 1. The third-order valence-corrected chi connectivity index (χ3v) is 4.77. The minimum Gasteiger partial charge on any atom is -0.399 e. The Morgan fingerprint density at radius 2 is 2.21 bits per heavy atom. The van der Waals surface area contributed by atoms with E-state index in [-0.39, 0.29) is 17.5 Å². The van der Waals surface area contributed by atoms with Crippen molar-refractivity contribution >= 4 is 17.5 Å². The van der Waals surface area contributed by atoms with Crippen LogP contribution in [-0.4, -0.2) is 34.8 Å². The number of aromatic amines is 1. The van der Waals surface area contributed by atoms with E-state index in [1.54, 1.807) is 35.4 Å². The van der Waals surface area contributed by atoms with E-state index < -0.39 is 11.7 Å². The van der Waals surface area contributed by atoms with Gasteiger partial charge in [0.15, 0.2) is 0 Å². The number of nitrogens with two attached hydrogens (primary N) is 1. The highest BCUT2D eigenvalue weighted by Gasteiger charge is 2.27. The summed E-state index contributed by atoms with van der Waals surface area (Å²) >= 11 is 0. The highest BCUT2D eigenvalue weighted by atomic mass is 19.1. The average molecular weight is 397 g/mol. The highest BCUT2D eigenvalue weighted by Crippen LogP contribution is 2.22. The van der Waals surface area contributed by atoms with E-state index in [2.05, 4.69) is 22.2 Å². The molecule has 0 bridgehead atoms. The molecular weight excluding hydrogens is 373 g/mol. The summed E-state index contributed by atoms with van der Waals surface area (Å²) in [7, 11) is 0. The number of anilines is 1. The van der Waals surface area contributed by atoms with Crippen LogP contribution in [0.5, 0.6) is 0 Å². The van der Waals surface area contributed by atoms with Crippen molar-refractivity contribution in [2.24, 2.45) is 11.7 Å². The van der Waals surface area contributed by atoms with Crippen LogP contribution in [0.4, 0.5) is 10.1 Å². The molecule has 8 heteroatoms. The van der Waals surface area contributed by atoms with Crippen molar-refractivity contribution in [1.29, 1.82) is 0 Å². The van der Waals surface area contributed by atoms with Crippen molar-refractivity contribution in [1.82, 2.24) is 15.2 Å². The largest absolute Gasteiger partial charge is 0.399 e. The normalized spacial score (nSPS) is 16.5. The lowest BCUT2D eigenvalue weighted by Crippen LogP contribution is -2.45. The molecule has 3 rings (SSSR count). The number of benzene rings is 1. The zero-order valence-electron chi connectivity index (χ0n) is 16.2. The number of amides is 2. The van der Waals surface area contributed by atoms with Crippen LogP contribution >= 0.6 is 0 Å². The van der Waals surface area contributed by atoms with Gasteiger partial charge in [-0.05, 0) is 35.9 Å². The molecule has 0 saturated carbocycles. The number of carbonyl (C=O) groups excluding carboxylic acids is 2. The summed E-state index contributed by atoms with van der Waals surface area (Å²) in [6.07, 6.45) is 2.79. The molecule has 1 aromatic heterocycles. The Bertz CT molecular complexity index is 952. The number of nitrogens with zero attached hydrogens (tertiary/aromatic N) is 1. The molecule has 1 aromatic carbocycles. The molecule has 2 heterocycles. The van der Waals surface area contributed by atoms with Gasteiger partial charge in [0.05, 0.1) is 12.2 Å². The van der Waals surface area contributed by atoms with E-state index in [1.807, 2.05) is 6.92 Å². The van der Waals surface area contributed by atoms with Crippen LogP contribution in [0.1, 0.15) is 23.0 Å². The van der Waals surface area contributed by atoms with Crippen LogP contribution in [0, 0.1) is 11.7 Å². The molecule has 0 aliphatic carbocycles. The Morgan fingerprint density at radius 3 is 2.86 bits per heavy atom. The quantitative estimate of drug-likeness (QED) is 0.562. The smallest absolute Gasteiger partial charge is 0.270 e. The molecular formula is C21H24FN5O2. The van der Waals surface area contributed by atoms with Gasteiger partial charge in [-0.2, -0.15) is 0 Å². The van der Waals surface area contributed by atoms with Crippen LogP contribution in [0.25, 0.3) is 0 Å². The lowest BCUT2D eigenvalue weighted by atomic mass is 10.00. The van der Waals surface area contributed by atoms with E-state index >= 15 is 0 Å². The number of nitrogens with one attached hydrogen (secondary N) is 3. The molecule has 1 aliphatic heterocycles. The first kappa shape index (κ1) is 20.2. The molecule has 0 spiro atoms. The molecule has 1 atom stereocenters. The van der Waals surface area contributed by atoms with Gasteiger partial charge >= 0.3 is 0 Å². The second-order valence-corrected chi connectivity index (χ2v) is 6.97. The summed E-state index contributed by atoms with van der Waals surface area (Å²) < 4.78 is 13.9. The van der Waals surface area contributed by atoms with Gasteiger partial charge < -0.3 is 26.3 Å². The lowest BCUT2D eigenvalue weighted by molar-refractivity contribution is -0.111. The second-order valence-electron chi connectivity index (χ2n) is 6.97. The van der Waals surface area contributed by atoms with Gasteiger partial charge in [-0.1, -0.05) is 19.6 Å². The highest BCUT2D eigenvalue weighted by molar-refractivity contribution is 5.99. The number of carbonyl (C=O) groups is 2. The zero-order valence-corrected chi connectivity index (χ0v) is 16.2. The van der Waals surface area contributed by atoms with Crippen LogP contribution in [0.2, 0.25) is 0 Å². The van der Waals surface area contributed by atoms with Gasteiger partial charge in [-0.3, -0.25) is 9.59 Å². The molecule has 1 unspecified atom stereocenters. The first-order chi connectivity index (χ1) is 13.9. The molecule has 7 nitrogen and oxygen atoms in total. The van der Waals surface area contributed by atoms with Crippen LogP contribution < -0.4 is 16.4 Å². The van der Waals surface area contributed by atoms with Gasteiger partial charge in [-0.15, -0.1) is 0 Å². The molecule has 0 fully saturated rings. The third-order valence-electron chi connectivity index (χ3n) is 4.77. The number of halogens is 1. The first-order valence-electron chi connectivity index (χ1n) is 9.26. The van der Waals surface area contributed by atoms with E-state index in [4.69, 9.17) is 5.73 Å². The predicted molar refractivity (Wildman–Crippen MR) is 109 cm³/mol. The van der Waals surface area contributed by atoms with Crippen molar-refractivity contribution in [2.45, 2.75) is 13.5 Å². The Hall–Kier alpha value is -3.55. The SMILES string of the molecule is C=CC(=O)Nc1cc(CNC2=C(N)CN(C(=O)c3ccc[nH]3)CC2C)ccc1F. The van der Waals surface area contributed by atoms with E-state index in [0.717, 1.165) is 17.3 Å². The van der Waals surface area contributed by atoms with Crippen molar-refractivity contribution in [3.05, 3.63) is 77.7 Å². The van der Waals surface area contributed by atoms with Gasteiger partial charge in [-0.25, -0.2) is 4.39 Å². The van der Waals surface area contributed by atoms with Crippen LogP contribution in [0.3, 0.4) is 0 Å². The maximum Gasteiger partial charge on any atom is 0.270 e. The summed E-state index contributed by atoms with van der Waals surface area (Å²) in [4.78, 5) is 28.6. The first-order valence-corrected chi connectivity index (χ1v) is 9.26. The predicted octanol–water partition coefficient (Wildman–Crippen LogP) is 2.33. The van der Waals surface area contributed by atoms with Crippen LogP contribution in [-0.2, 0) is 11.3 Å². The van der Waals surface area contributed by atoms with Crippen molar-refractivity contribution in [3.63, 3.8) is 0 Å². The minimum atomic E-state index is -0.521. The van der Waals surface area contributed by atoms with Crippen LogP contribution in [0.15, 0.2) is 60.6 Å². The standard InChI is InChI=1S/C21H24FN5O2/c1-3-19(28)26-18-9-14(6-7-15(18)22)10-25-20-13(2)11-27(12-16(20)23)21(29)17-5-4-8-24-17/h3-9,13,24-25H,1,10-12,23H2,2H3,(H,26,28). The number of hydrogen-bond donors (Lipinski definition) is 4. The number of rotatable bonds is 6. The fourth-order valence-corrected chi connectivity index (χ4v) is 3.33. The van der Waals surface area contributed by atoms with Gasteiger partial charge in [0.2, 0.25) is 5.91 Å². The molecule has 1 aliphatic rings. The van der Waals surface area contributed by atoms with E-state index in [1.165, 1.54) is 6.07 Å². The summed E-state index contributed by atoms with van der Waals surface area (Å²) in [5.74, 6) is -1.08. The molecule has 0 radical (unpaired) electrons. The Balaban J connectivity index is 1.68. The Kier molecular flexibility index (Phi) is 6.01. The molecule has 0 saturated heterocycles. The molecule has 152 valence electrons. The van der Waals surface area contributed by atoms with Crippen molar-refractivity contribution in [2.75, 3.05) is 18.4 Å². The summed E-state index contributed by atoms with van der Waals surface area (Å²) in [6, 6.07) is 8.01. The lowest BCUT2D eigenvalue weighted by Gasteiger charge is -2.34. The topological polar surface area (TPSA) is 103 Å². The third kappa shape index (κ3) is 4.66. The summed E-state index contributed by atoms with van der Waals surface area (Å²) in [5, 5.41) is 5.74. The molecule has 2 aromatic rings. The molecule has 2 amide bonds. The number of H-pyrrole nitrogens is 1. The Morgan fingerprint density at radius 1 is 1.41 bits per heavy atom. The summed E-state index contributed by atoms with van der Waals surface area (Å²) in [5.41, 5.74) is 9.09. The van der Waals surface area contributed by atoms with Crippen molar-refractivity contribution < 1.29 is 14.0 Å². The zero-order chi connectivity index (χ0) is 21.0. The monoisotopic (exact) mass is 397 g/mol. The van der Waals surface area contributed by atoms with Gasteiger partial charge in [0.25, 0.3) is 5.91 Å².